The Kier molecular flexibility index (Phi) is 5.01. The molecular formula is C18H18ClN3O2. The van der Waals surface area contributed by atoms with Crippen LogP contribution in [0.25, 0.3) is 6.08 Å². The topological polar surface area (TPSA) is 68.5 Å². The number of pyridine rings is 1. The van der Waals surface area contributed by atoms with Crippen LogP contribution in [-0.2, 0) is 0 Å². The number of ether oxygens (including phenoxy) is 1. The number of amides is 2. The first-order chi connectivity index (χ1) is 11.6. The Bertz CT molecular complexity index is 749. The molecule has 0 spiro atoms. The maximum atomic E-state index is 11.2. The van der Waals surface area contributed by atoms with Crippen molar-refractivity contribution in [1.29, 1.82) is 0 Å². The van der Waals surface area contributed by atoms with Gasteiger partial charge in [-0.15, -0.1) is 0 Å². The van der Waals surface area contributed by atoms with Crippen LogP contribution in [0.1, 0.15) is 18.4 Å². The first kappa shape index (κ1) is 16.3. The number of hydrogen-bond donors (Lipinski definition) is 1. The molecule has 5 nitrogen and oxygen atoms in total. The van der Waals surface area contributed by atoms with Gasteiger partial charge in [0.1, 0.15) is 5.75 Å². The van der Waals surface area contributed by atoms with E-state index in [-0.39, 0.29) is 6.03 Å². The second kappa shape index (κ2) is 7.36. The van der Waals surface area contributed by atoms with Gasteiger partial charge in [0.05, 0.1) is 5.02 Å². The number of urea groups is 1. The van der Waals surface area contributed by atoms with Crippen LogP contribution in [0.3, 0.4) is 0 Å². The van der Waals surface area contributed by atoms with E-state index < -0.39 is 0 Å². The lowest BCUT2D eigenvalue weighted by atomic mass is 10.0. The molecule has 1 fully saturated rings. The molecule has 2 heterocycles. The summed E-state index contributed by atoms with van der Waals surface area (Å²) in [6.07, 6.45) is 5.37. The summed E-state index contributed by atoms with van der Waals surface area (Å²) in [6.45, 7) is 1.35. The Hall–Kier alpha value is -2.53. The molecule has 1 saturated heterocycles. The van der Waals surface area contributed by atoms with Crippen LogP contribution in [0.5, 0.6) is 11.6 Å². The van der Waals surface area contributed by atoms with Gasteiger partial charge in [0.2, 0.25) is 5.88 Å². The average molecular weight is 344 g/mol. The number of nitrogens with two attached hydrogens (primary N) is 1. The van der Waals surface area contributed by atoms with E-state index in [1.165, 1.54) is 5.57 Å². The van der Waals surface area contributed by atoms with Gasteiger partial charge in [-0.3, -0.25) is 0 Å². The zero-order valence-electron chi connectivity index (χ0n) is 13.1. The molecule has 2 amide bonds. The Morgan fingerprint density at radius 1 is 1.25 bits per heavy atom. The predicted molar refractivity (Wildman–Crippen MR) is 94.1 cm³/mol. The molecule has 0 aliphatic carbocycles. The minimum absolute atomic E-state index is 0.347. The summed E-state index contributed by atoms with van der Waals surface area (Å²) in [6, 6.07) is 10.9. The summed E-state index contributed by atoms with van der Waals surface area (Å²) >= 11 is 5.82. The molecule has 1 aliphatic rings. The van der Waals surface area contributed by atoms with E-state index in [1.54, 1.807) is 23.2 Å². The van der Waals surface area contributed by atoms with Crippen molar-refractivity contribution in [3.63, 3.8) is 0 Å². The Morgan fingerprint density at radius 2 is 2.04 bits per heavy atom. The number of likely N-dealkylation sites (tertiary alicyclic amines) is 1. The SMILES string of the molecule is NC(=O)N1CCC(=Cc2cccc(Oc3ccc(Cl)cn3)c2)CC1. The smallest absolute Gasteiger partial charge is 0.314 e. The second-order valence-corrected chi connectivity index (χ2v) is 6.05. The van der Waals surface area contributed by atoms with Gasteiger partial charge in [-0.05, 0) is 36.6 Å². The van der Waals surface area contributed by atoms with Crippen LogP contribution in [0, 0.1) is 0 Å². The van der Waals surface area contributed by atoms with Gasteiger partial charge in [-0.2, -0.15) is 0 Å². The van der Waals surface area contributed by atoms with Gasteiger partial charge >= 0.3 is 6.03 Å². The molecule has 0 atom stereocenters. The zero-order valence-corrected chi connectivity index (χ0v) is 13.9. The van der Waals surface area contributed by atoms with E-state index in [2.05, 4.69) is 11.1 Å². The fourth-order valence-electron chi connectivity index (χ4n) is 2.61. The third-order valence-electron chi connectivity index (χ3n) is 3.87. The number of nitrogens with zero attached hydrogens (tertiary/aromatic N) is 2. The van der Waals surface area contributed by atoms with E-state index in [1.807, 2.05) is 24.3 Å². The van der Waals surface area contributed by atoms with Crippen molar-refractivity contribution in [2.24, 2.45) is 5.73 Å². The highest BCUT2D eigenvalue weighted by molar-refractivity contribution is 6.30. The minimum atomic E-state index is -0.347. The number of aromatic nitrogens is 1. The van der Waals surface area contributed by atoms with Gasteiger partial charge in [0, 0.05) is 25.4 Å². The standard InChI is InChI=1S/C18H18ClN3O2/c19-15-4-5-17(21-12-15)24-16-3-1-2-14(11-16)10-13-6-8-22(9-7-13)18(20)23/h1-5,10-12H,6-9H2,(H2,20,23). The summed E-state index contributed by atoms with van der Waals surface area (Å²) in [5, 5.41) is 0.572. The molecule has 2 aromatic rings. The maximum Gasteiger partial charge on any atom is 0.314 e. The zero-order chi connectivity index (χ0) is 16.9. The third-order valence-corrected chi connectivity index (χ3v) is 4.09. The van der Waals surface area contributed by atoms with Gasteiger partial charge in [0.25, 0.3) is 0 Å². The summed E-state index contributed by atoms with van der Waals surface area (Å²) in [5.74, 6) is 1.22. The molecule has 0 radical (unpaired) electrons. The number of piperidine rings is 1. The van der Waals surface area contributed by atoms with Crippen molar-refractivity contribution in [2.45, 2.75) is 12.8 Å². The summed E-state index contributed by atoms with van der Waals surface area (Å²) in [4.78, 5) is 17.0. The maximum absolute atomic E-state index is 11.2. The van der Waals surface area contributed by atoms with Crippen LogP contribution < -0.4 is 10.5 Å². The fraction of sp³-hybridized carbons (Fsp3) is 0.222. The van der Waals surface area contributed by atoms with Crippen LogP contribution >= 0.6 is 11.6 Å². The summed E-state index contributed by atoms with van der Waals surface area (Å²) in [7, 11) is 0. The number of primary amides is 1. The van der Waals surface area contributed by atoms with Crippen LogP contribution in [0.2, 0.25) is 5.02 Å². The molecule has 3 rings (SSSR count). The van der Waals surface area contributed by atoms with Crippen molar-refractivity contribution < 1.29 is 9.53 Å². The van der Waals surface area contributed by atoms with E-state index in [0.29, 0.717) is 29.7 Å². The molecule has 0 saturated carbocycles. The Balaban J connectivity index is 1.68. The van der Waals surface area contributed by atoms with Crippen molar-refractivity contribution >= 4 is 23.7 Å². The van der Waals surface area contributed by atoms with Gasteiger partial charge < -0.3 is 15.4 Å². The lowest BCUT2D eigenvalue weighted by Gasteiger charge is -2.26. The quantitative estimate of drug-likeness (QED) is 0.912. The molecule has 124 valence electrons. The molecule has 0 unspecified atom stereocenters. The Morgan fingerprint density at radius 3 is 2.71 bits per heavy atom. The largest absolute Gasteiger partial charge is 0.439 e. The van der Waals surface area contributed by atoms with Gasteiger partial charge in [0.15, 0.2) is 0 Å². The lowest BCUT2D eigenvalue weighted by Crippen LogP contribution is -2.39. The molecule has 0 bridgehead atoms. The molecule has 1 aromatic carbocycles. The highest BCUT2D eigenvalue weighted by atomic mass is 35.5. The number of hydrogen-bond acceptors (Lipinski definition) is 3. The van der Waals surface area contributed by atoms with Crippen LogP contribution in [0.4, 0.5) is 4.79 Å². The van der Waals surface area contributed by atoms with E-state index in [9.17, 15) is 4.79 Å². The number of rotatable bonds is 3. The van der Waals surface area contributed by atoms with E-state index >= 15 is 0 Å². The monoisotopic (exact) mass is 343 g/mol. The second-order valence-electron chi connectivity index (χ2n) is 5.62. The molecule has 1 aliphatic heterocycles. The number of carbonyl (C=O) groups excluding carboxylic acids is 1. The van der Waals surface area contributed by atoms with Gasteiger partial charge in [-0.1, -0.05) is 35.4 Å². The lowest BCUT2D eigenvalue weighted by molar-refractivity contribution is 0.203. The van der Waals surface area contributed by atoms with E-state index in [4.69, 9.17) is 22.1 Å². The third kappa shape index (κ3) is 4.26. The summed E-state index contributed by atoms with van der Waals surface area (Å²) < 4.78 is 5.74. The Labute approximate surface area is 145 Å². The molecule has 1 aromatic heterocycles. The van der Waals surface area contributed by atoms with Crippen LogP contribution in [0.15, 0.2) is 48.2 Å². The van der Waals surface area contributed by atoms with Crippen molar-refractivity contribution in [3.8, 4) is 11.6 Å². The van der Waals surface area contributed by atoms with E-state index in [0.717, 1.165) is 18.4 Å². The molecule has 2 N–H and O–H groups in total. The average Bonchev–Trinajstić information content (AvgIpc) is 2.58. The number of carbonyl (C=O) groups is 1. The minimum Gasteiger partial charge on any atom is -0.439 e. The predicted octanol–water partition coefficient (Wildman–Crippen LogP) is 4.09. The molecular weight excluding hydrogens is 326 g/mol. The molecule has 6 heteroatoms. The van der Waals surface area contributed by atoms with Crippen molar-refractivity contribution in [1.82, 2.24) is 9.88 Å². The molecule has 24 heavy (non-hydrogen) atoms. The van der Waals surface area contributed by atoms with Crippen molar-refractivity contribution in [2.75, 3.05) is 13.1 Å². The number of benzene rings is 1. The highest BCUT2D eigenvalue weighted by Crippen LogP contribution is 2.24. The van der Waals surface area contributed by atoms with Gasteiger partial charge in [-0.25, -0.2) is 9.78 Å². The number of halogens is 1. The normalized spacial score (nSPS) is 14.4. The van der Waals surface area contributed by atoms with Crippen molar-refractivity contribution in [3.05, 3.63) is 58.8 Å². The fourth-order valence-corrected chi connectivity index (χ4v) is 2.72. The summed E-state index contributed by atoms with van der Waals surface area (Å²) in [5.41, 5.74) is 7.66. The highest BCUT2D eigenvalue weighted by Gasteiger charge is 2.16. The first-order valence-electron chi connectivity index (χ1n) is 7.73. The first-order valence-corrected chi connectivity index (χ1v) is 8.11. The van der Waals surface area contributed by atoms with Crippen LogP contribution in [-0.4, -0.2) is 29.0 Å².